The van der Waals surface area contributed by atoms with Gasteiger partial charge in [-0.1, -0.05) is 30.3 Å². The van der Waals surface area contributed by atoms with Crippen molar-refractivity contribution in [2.24, 2.45) is 0 Å². The molecule has 3 N–H and O–H groups in total. The van der Waals surface area contributed by atoms with Crippen LogP contribution in [0.4, 0.5) is 4.79 Å². The number of carboxylic acid groups (broad SMARTS) is 1. The maximum Gasteiger partial charge on any atom is 0.326 e. The number of aliphatic hydroxyl groups excluding tert-OH is 1. The van der Waals surface area contributed by atoms with E-state index in [1.54, 1.807) is 6.92 Å². The molecule has 1 rings (SSSR count). The lowest BCUT2D eigenvalue weighted by molar-refractivity contribution is -0.139. The highest BCUT2D eigenvalue weighted by Gasteiger charge is 2.22. The zero-order valence-electron chi connectivity index (χ0n) is 11.6. The Balaban J connectivity index is 2.64. The largest absolute Gasteiger partial charge is 0.480 e. The first-order valence-corrected chi connectivity index (χ1v) is 6.36. The maximum atomic E-state index is 11.8. The van der Waals surface area contributed by atoms with Gasteiger partial charge in [-0.3, -0.25) is 0 Å². The fraction of sp³-hybridized carbons (Fsp3) is 0.429. The third-order valence-electron chi connectivity index (χ3n) is 2.76. The molecule has 6 heteroatoms. The van der Waals surface area contributed by atoms with Crippen LogP contribution in [0.25, 0.3) is 0 Å². The molecule has 0 aliphatic rings. The Bertz CT molecular complexity index is 448. The van der Waals surface area contributed by atoms with Gasteiger partial charge in [0, 0.05) is 20.0 Å². The number of nitrogens with zero attached hydrogens (tertiary/aromatic N) is 1. The Hall–Kier alpha value is -2.08. The van der Waals surface area contributed by atoms with Gasteiger partial charge in [-0.25, -0.2) is 9.59 Å². The molecule has 0 aliphatic heterocycles. The molecule has 0 saturated carbocycles. The zero-order valence-corrected chi connectivity index (χ0v) is 11.6. The normalized spacial score (nSPS) is 13.3. The molecule has 0 saturated heterocycles. The predicted octanol–water partition coefficient (Wildman–Crippen LogP) is 0.704. The first-order chi connectivity index (χ1) is 9.40. The fourth-order valence-electron chi connectivity index (χ4n) is 1.79. The predicted molar refractivity (Wildman–Crippen MR) is 74.4 cm³/mol. The molecule has 0 aliphatic carbocycles. The van der Waals surface area contributed by atoms with Gasteiger partial charge < -0.3 is 20.4 Å². The number of likely N-dealkylation sites (N-methyl/N-ethyl adjacent to an activating group) is 1. The Morgan fingerprint density at radius 3 is 2.40 bits per heavy atom. The first-order valence-electron chi connectivity index (χ1n) is 6.36. The van der Waals surface area contributed by atoms with E-state index in [1.165, 1.54) is 11.9 Å². The third kappa shape index (κ3) is 5.27. The number of carbonyl (C=O) groups is 2. The summed E-state index contributed by atoms with van der Waals surface area (Å²) in [7, 11) is 1.50. The van der Waals surface area contributed by atoms with E-state index in [1.807, 2.05) is 30.3 Å². The molecule has 0 radical (unpaired) electrons. The number of carboxylic acids is 1. The minimum Gasteiger partial charge on any atom is -0.480 e. The summed E-state index contributed by atoms with van der Waals surface area (Å²) in [5.74, 6) is -1.09. The lowest BCUT2D eigenvalue weighted by Crippen LogP contribution is -2.49. The minimum absolute atomic E-state index is 0.142. The number of hydrogen-bond acceptors (Lipinski definition) is 3. The van der Waals surface area contributed by atoms with Gasteiger partial charge >= 0.3 is 12.0 Å². The van der Waals surface area contributed by atoms with Crippen molar-refractivity contribution in [1.29, 1.82) is 0 Å². The van der Waals surface area contributed by atoms with Crippen molar-refractivity contribution in [3.8, 4) is 0 Å². The van der Waals surface area contributed by atoms with Crippen LogP contribution < -0.4 is 5.32 Å². The summed E-state index contributed by atoms with van der Waals surface area (Å²) in [6.45, 7) is 1.70. The summed E-state index contributed by atoms with van der Waals surface area (Å²) in [4.78, 5) is 24.3. The van der Waals surface area contributed by atoms with Crippen molar-refractivity contribution in [1.82, 2.24) is 10.2 Å². The molecule has 0 bridgehead atoms. The zero-order chi connectivity index (χ0) is 15.1. The molecule has 2 amide bonds. The summed E-state index contributed by atoms with van der Waals surface area (Å²) >= 11 is 0. The highest BCUT2D eigenvalue weighted by atomic mass is 16.4. The van der Waals surface area contributed by atoms with Crippen LogP contribution in [0.15, 0.2) is 30.3 Å². The van der Waals surface area contributed by atoms with E-state index >= 15 is 0 Å². The molecule has 0 aromatic heterocycles. The topological polar surface area (TPSA) is 89.9 Å². The van der Waals surface area contributed by atoms with E-state index < -0.39 is 24.1 Å². The molecule has 1 aromatic carbocycles. The van der Waals surface area contributed by atoms with Gasteiger partial charge in [0.15, 0.2) is 0 Å². The number of urea groups is 1. The molecule has 1 unspecified atom stereocenters. The molecule has 0 spiro atoms. The van der Waals surface area contributed by atoms with Crippen molar-refractivity contribution in [3.63, 3.8) is 0 Å². The van der Waals surface area contributed by atoms with Crippen LogP contribution >= 0.6 is 0 Å². The molecular formula is C14H20N2O4. The lowest BCUT2D eigenvalue weighted by Gasteiger charge is -2.22. The number of benzene rings is 1. The second kappa shape index (κ2) is 7.49. The lowest BCUT2D eigenvalue weighted by atomic mass is 10.1. The van der Waals surface area contributed by atoms with Crippen LogP contribution in [0.5, 0.6) is 0 Å². The van der Waals surface area contributed by atoms with Crippen LogP contribution in [0, 0.1) is 0 Å². The Morgan fingerprint density at radius 2 is 1.90 bits per heavy atom. The molecule has 0 heterocycles. The number of aliphatic carboxylic acids is 1. The number of amides is 2. The van der Waals surface area contributed by atoms with Gasteiger partial charge in [0.2, 0.25) is 0 Å². The highest BCUT2D eigenvalue weighted by Crippen LogP contribution is 2.04. The number of nitrogens with one attached hydrogen (secondary N) is 1. The van der Waals surface area contributed by atoms with Gasteiger partial charge in [-0.05, 0) is 12.5 Å². The van der Waals surface area contributed by atoms with E-state index in [4.69, 9.17) is 5.11 Å². The molecule has 0 fully saturated rings. The van der Waals surface area contributed by atoms with Crippen LogP contribution in [0.1, 0.15) is 12.5 Å². The van der Waals surface area contributed by atoms with E-state index in [0.717, 1.165) is 5.56 Å². The third-order valence-corrected chi connectivity index (χ3v) is 2.76. The van der Waals surface area contributed by atoms with E-state index in [0.29, 0.717) is 0 Å². The molecule has 1 aromatic rings. The summed E-state index contributed by atoms with van der Waals surface area (Å²) in [5.41, 5.74) is 0.832. The summed E-state index contributed by atoms with van der Waals surface area (Å²) in [5, 5.41) is 20.8. The van der Waals surface area contributed by atoms with Crippen LogP contribution in [-0.2, 0) is 11.2 Å². The van der Waals surface area contributed by atoms with Gasteiger partial charge in [-0.2, -0.15) is 0 Å². The number of rotatable bonds is 6. The van der Waals surface area contributed by atoms with Crippen molar-refractivity contribution >= 4 is 12.0 Å². The van der Waals surface area contributed by atoms with E-state index in [9.17, 15) is 14.7 Å². The molecule has 20 heavy (non-hydrogen) atoms. The molecular weight excluding hydrogens is 260 g/mol. The molecule has 110 valence electrons. The second-order valence-electron chi connectivity index (χ2n) is 4.76. The number of aliphatic hydroxyl groups is 1. The molecule has 2 atom stereocenters. The minimum atomic E-state index is -1.09. The highest BCUT2D eigenvalue weighted by molar-refractivity contribution is 5.82. The second-order valence-corrected chi connectivity index (χ2v) is 4.76. The van der Waals surface area contributed by atoms with Crippen molar-refractivity contribution in [2.45, 2.75) is 25.5 Å². The summed E-state index contributed by atoms with van der Waals surface area (Å²) < 4.78 is 0. The summed E-state index contributed by atoms with van der Waals surface area (Å²) in [6.07, 6.45) is -0.451. The maximum absolute atomic E-state index is 11.8. The van der Waals surface area contributed by atoms with Gasteiger partial charge in [0.25, 0.3) is 0 Å². The smallest absolute Gasteiger partial charge is 0.326 e. The van der Waals surface area contributed by atoms with Gasteiger partial charge in [0.05, 0.1) is 6.10 Å². The average molecular weight is 280 g/mol. The van der Waals surface area contributed by atoms with E-state index in [-0.39, 0.29) is 13.0 Å². The SMILES string of the molecule is CC(O)CN(C)C(=O)N[C@@H](Cc1ccccc1)C(=O)O. The van der Waals surface area contributed by atoms with E-state index in [2.05, 4.69) is 5.32 Å². The van der Waals surface area contributed by atoms with Gasteiger partial charge in [-0.15, -0.1) is 0 Å². The first kappa shape index (κ1) is 16.0. The van der Waals surface area contributed by atoms with Crippen molar-refractivity contribution in [2.75, 3.05) is 13.6 Å². The summed E-state index contributed by atoms with van der Waals surface area (Å²) in [6, 6.07) is 7.57. The monoisotopic (exact) mass is 280 g/mol. The molecule has 6 nitrogen and oxygen atoms in total. The average Bonchev–Trinajstić information content (AvgIpc) is 2.38. The van der Waals surface area contributed by atoms with Crippen LogP contribution in [0.2, 0.25) is 0 Å². The van der Waals surface area contributed by atoms with Gasteiger partial charge in [0.1, 0.15) is 6.04 Å². The number of carbonyl (C=O) groups excluding carboxylic acids is 1. The standard InChI is InChI=1S/C14H20N2O4/c1-10(17)9-16(2)14(20)15-12(13(18)19)8-11-6-4-3-5-7-11/h3-7,10,12,17H,8-9H2,1-2H3,(H,15,20)(H,18,19)/t10?,12-/m0/s1. The number of hydrogen-bond donors (Lipinski definition) is 3. The van der Waals surface area contributed by atoms with Crippen molar-refractivity contribution in [3.05, 3.63) is 35.9 Å². The Kier molecular flexibility index (Phi) is 5.99. The Morgan fingerprint density at radius 1 is 1.30 bits per heavy atom. The van der Waals surface area contributed by atoms with Crippen LogP contribution in [0.3, 0.4) is 0 Å². The van der Waals surface area contributed by atoms with Crippen molar-refractivity contribution < 1.29 is 19.8 Å². The Labute approximate surface area is 118 Å². The fourth-order valence-corrected chi connectivity index (χ4v) is 1.79. The van der Waals surface area contributed by atoms with Crippen LogP contribution in [-0.4, -0.2) is 52.9 Å². The quantitative estimate of drug-likeness (QED) is 0.715.